The lowest BCUT2D eigenvalue weighted by molar-refractivity contribution is 0.203. The fourth-order valence-electron chi connectivity index (χ4n) is 3.09. The summed E-state index contributed by atoms with van der Waals surface area (Å²) in [6, 6.07) is 9.51. The molecule has 98 valence electrons. The molecule has 1 unspecified atom stereocenters. The van der Waals surface area contributed by atoms with Crippen LogP contribution in [0.2, 0.25) is 0 Å². The van der Waals surface area contributed by atoms with E-state index in [0.29, 0.717) is 6.04 Å². The van der Waals surface area contributed by atoms with Gasteiger partial charge in [0.1, 0.15) is 0 Å². The highest BCUT2D eigenvalue weighted by Gasteiger charge is 2.21. The molecule has 3 nitrogen and oxygen atoms in total. The number of likely N-dealkylation sites (N-methyl/N-ethyl adjacent to an activating group) is 1. The molecular weight excluding hydrogens is 222 g/mol. The average Bonchev–Trinajstić information content (AvgIpc) is 2.79. The quantitative estimate of drug-likeness (QED) is 0.866. The monoisotopic (exact) mass is 245 g/mol. The highest BCUT2D eigenvalue weighted by molar-refractivity contribution is 5.30. The van der Waals surface area contributed by atoms with Crippen LogP contribution in [0.25, 0.3) is 0 Å². The topological polar surface area (TPSA) is 18.5 Å². The molecule has 3 rings (SSSR count). The van der Waals surface area contributed by atoms with E-state index in [9.17, 15) is 0 Å². The largest absolute Gasteiger partial charge is 0.311 e. The van der Waals surface area contributed by atoms with Crippen molar-refractivity contribution < 1.29 is 0 Å². The number of piperazine rings is 1. The molecule has 1 aromatic rings. The Kier molecular flexibility index (Phi) is 3.64. The van der Waals surface area contributed by atoms with E-state index in [2.05, 4.69) is 46.4 Å². The molecule has 1 N–H and O–H groups in total. The minimum Gasteiger partial charge on any atom is -0.311 e. The van der Waals surface area contributed by atoms with E-state index in [4.69, 9.17) is 0 Å². The number of nitrogens with one attached hydrogen (secondary N) is 1. The fraction of sp³-hybridized carbons (Fsp3) is 0.600. The lowest BCUT2D eigenvalue weighted by atomic mass is 10.1. The number of rotatable bonds is 3. The third kappa shape index (κ3) is 2.74. The Morgan fingerprint density at radius 3 is 2.61 bits per heavy atom. The molecule has 1 saturated heterocycles. The second-order valence-electron chi connectivity index (χ2n) is 5.68. The molecule has 1 fully saturated rings. The van der Waals surface area contributed by atoms with Crippen LogP contribution in [-0.4, -0.2) is 49.1 Å². The lowest BCUT2D eigenvalue weighted by Crippen LogP contribution is -2.49. The van der Waals surface area contributed by atoms with Gasteiger partial charge in [-0.15, -0.1) is 0 Å². The highest BCUT2D eigenvalue weighted by atomic mass is 15.2. The number of benzene rings is 1. The molecule has 0 aliphatic carbocycles. The van der Waals surface area contributed by atoms with E-state index in [1.54, 1.807) is 0 Å². The number of hydrogen-bond acceptors (Lipinski definition) is 3. The van der Waals surface area contributed by atoms with E-state index in [1.807, 2.05) is 0 Å². The summed E-state index contributed by atoms with van der Waals surface area (Å²) in [4.78, 5) is 5.00. The molecule has 0 aromatic heterocycles. The normalized spacial score (nSPS) is 25.3. The first-order valence-corrected chi connectivity index (χ1v) is 7.02. The predicted molar refractivity (Wildman–Crippen MR) is 74.5 cm³/mol. The Hall–Kier alpha value is -0.900. The van der Waals surface area contributed by atoms with Gasteiger partial charge in [0.05, 0.1) is 0 Å². The molecule has 0 amide bonds. The van der Waals surface area contributed by atoms with Gasteiger partial charge in [-0.25, -0.2) is 0 Å². The highest BCUT2D eigenvalue weighted by Crippen LogP contribution is 2.22. The van der Waals surface area contributed by atoms with Crippen LogP contribution in [0.15, 0.2) is 24.3 Å². The van der Waals surface area contributed by atoms with E-state index in [-0.39, 0.29) is 0 Å². The standard InChI is InChI=1S/C15H23N3/c1-17-9-7-16-15(12-17)6-8-18-10-13-4-2-3-5-14(13)11-18/h2-5,15-16H,6-12H2,1H3. The van der Waals surface area contributed by atoms with Crippen molar-refractivity contribution in [2.45, 2.75) is 25.6 Å². The van der Waals surface area contributed by atoms with Crippen molar-refractivity contribution in [2.75, 3.05) is 33.2 Å². The Morgan fingerprint density at radius 1 is 1.22 bits per heavy atom. The van der Waals surface area contributed by atoms with Crippen molar-refractivity contribution in [3.63, 3.8) is 0 Å². The first kappa shape index (κ1) is 12.2. The van der Waals surface area contributed by atoms with Gasteiger partial charge in [0.2, 0.25) is 0 Å². The smallest absolute Gasteiger partial charge is 0.0240 e. The van der Waals surface area contributed by atoms with Crippen LogP contribution in [-0.2, 0) is 13.1 Å². The maximum atomic E-state index is 3.63. The van der Waals surface area contributed by atoms with Crippen LogP contribution < -0.4 is 5.32 Å². The van der Waals surface area contributed by atoms with Gasteiger partial charge in [0, 0.05) is 45.3 Å². The first-order chi connectivity index (χ1) is 8.81. The summed E-state index contributed by atoms with van der Waals surface area (Å²) in [5.74, 6) is 0. The van der Waals surface area contributed by atoms with E-state index in [0.717, 1.165) is 19.6 Å². The minimum atomic E-state index is 0.674. The number of nitrogens with zero attached hydrogens (tertiary/aromatic N) is 2. The molecule has 0 saturated carbocycles. The molecule has 0 spiro atoms. The summed E-state index contributed by atoms with van der Waals surface area (Å²) >= 11 is 0. The Balaban J connectivity index is 1.48. The summed E-state index contributed by atoms with van der Waals surface area (Å²) in [5.41, 5.74) is 3.04. The van der Waals surface area contributed by atoms with Gasteiger partial charge < -0.3 is 10.2 Å². The summed E-state index contributed by atoms with van der Waals surface area (Å²) < 4.78 is 0. The zero-order chi connectivity index (χ0) is 12.4. The zero-order valence-corrected chi connectivity index (χ0v) is 11.2. The maximum absolute atomic E-state index is 3.63. The molecule has 3 heteroatoms. The van der Waals surface area contributed by atoms with Gasteiger partial charge >= 0.3 is 0 Å². The second kappa shape index (κ2) is 5.39. The van der Waals surface area contributed by atoms with E-state index < -0.39 is 0 Å². The van der Waals surface area contributed by atoms with Crippen LogP contribution in [0.1, 0.15) is 17.5 Å². The van der Waals surface area contributed by atoms with Crippen molar-refractivity contribution in [1.82, 2.24) is 15.1 Å². The van der Waals surface area contributed by atoms with E-state index in [1.165, 1.54) is 37.2 Å². The lowest BCUT2D eigenvalue weighted by Gasteiger charge is -2.31. The molecular formula is C15H23N3. The zero-order valence-electron chi connectivity index (χ0n) is 11.2. The van der Waals surface area contributed by atoms with Gasteiger partial charge in [0.25, 0.3) is 0 Å². The number of hydrogen-bond donors (Lipinski definition) is 1. The van der Waals surface area contributed by atoms with Crippen LogP contribution in [0.3, 0.4) is 0 Å². The molecule has 2 aliphatic rings. The number of fused-ring (bicyclic) bond motifs is 1. The van der Waals surface area contributed by atoms with E-state index >= 15 is 0 Å². The molecule has 2 heterocycles. The maximum Gasteiger partial charge on any atom is 0.0240 e. The van der Waals surface area contributed by atoms with Gasteiger partial charge in [-0.2, -0.15) is 0 Å². The first-order valence-electron chi connectivity index (χ1n) is 7.02. The summed E-state index contributed by atoms with van der Waals surface area (Å²) in [6.45, 7) is 7.01. The van der Waals surface area contributed by atoms with Crippen LogP contribution in [0.4, 0.5) is 0 Å². The van der Waals surface area contributed by atoms with Gasteiger partial charge in [-0.3, -0.25) is 4.90 Å². The van der Waals surface area contributed by atoms with Crippen molar-refractivity contribution in [3.05, 3.63) is 35.4 Å². The van der Waals surface area contributed by atoms with Crippen LogP contribution in [0.5, 0.6) is 0 Å². The summed E-state index contributed by atoms with van der Waals surface area (Å²) in [7, 11) is 2.22. The molecule has 0 bridgehead atoms. The molecule has 1 aromatic carbocycles. The second-order valence-corrected chi connectivity index (χ2v) is 5.68. The molecule has 2 aliphatic heterocycles. The third-order valence-corrected chi connectivity index (χ3v) is 4.16. The average molecular weight is 245 g/mol. The van der Waals surface area contributed by atoms with Gasteiger partial charge in [0.15, 0.2) is 0 Å². The van der Waals surface area contributed by atoms with Crippen molar-refractivity contribution in [3.8, 4) is 0 Å². The predicted octanol–water partition coefficient (Wildman–Crippen LogP) is 1.30. The molecule has 0 radical (unpaired) electrons. The van der Waals surface area contributed by atoms with Crippen molar-refractivity contribution in [2.24, 2.45) is 0 Å². The SMILES string of the molecule is CN1CCNC(CCN2Cc3ccccc3C2)C1. The fourth-order valence-corrected chi connectivity index (χ4v) is 3.09. The third-order valence-electron chi connectivity index (χ3n) is 4.16. The van der Waals surface area contributed by atoms with Crippen LogP contribution >= 0.6 is 0 Å². The summed E-state index contributed by atoms with van der Waals surface area (Å²) in [5, 5.41) is 3.63. The Labute approximate surface area is 110 Å². The summed E-state index contributed by atoms with van der Waals surface area (Å²) in [6.07, 6.45) is 1.26. The molecule has 18 heavy (non-hydrogen) atoms. The molecule has 1 atom stereocenters. The Morgan fingerprint density at radius 2 is 1.94 bits per heavy atom. The minimum absolute atomic E-state index is 0.674. The van der Waals surface area contributed by atoms with Crippen molar-refractivity contribution in [1.29, 1.82) is 0 Å². The Bertz CT molecular complexity index is 379. The van der Waals surface area contributed by atoms with Gasteiger partial charge in [-0.1, -0.05) is 24.3 Å². The van der Waals surface area contributed by atoms with Crippen molar-refractivity contribution >= 4 is 0 Å². The van der Waals surface area contributed by atoms with Crippen LogP contribution in [0, 0.1) is 0 Å². The van der Waals surface area contributed by atoms with Gasteiger partial charge in [-0.05, 0) is 24.6 Å².